The summed E-state index contributed by atoms with van der Waals surface area (Å²) in [4.78, 5) is 0. The first-order valence-corrected chi connectivity index (χ1v) is 5.93. The number of ether oxygens (including phenoxy) is 1. The molecule has 2 aromatic rings. The standard InChI is InChI=1S/C12H10Cl2N2O/c1-8-2-4-11(10(14)6-8)17-12-5-3-9(7-13)15-16-12/h2-6H,7H2,1H3. The van der Waals surface area contributed by atoms with E-state index in [1.807, 2.05) is 19.1 Å². The zero-order valence-electron chi connectivity index (χ0n) is 9.15. The summed E-state index contributed by atoms with van der Waals surface area (Å²) in [6.45, 7) is 1.96. The summed E-state index contributed by atoms with van der Waals surface area (Å²) in [5.41, 5.74) is 1.78. The van der Waals surface area contributed by atoms with E-state index in [2.05, 4.69) is 10.2 Å². The fourth-order valence-corrected chi connectivity index (χ4v) is 1.69. The second-order valence-electron chi connectivity index (χ2n) is 3.53. The molecule has 1 heterocycles. The number of hydrogen-bond donors (Lipinski definition) is 0. The Hall–Kier alpha value is -1.32. The molecule has 17 heavy (non-hydrogen) atoms. The van der Waals surface area contributed by atoms with Crippen LogP contribution in [0.2, 0.25) is 5.02 Å². The number of benzene rings is 1. The van der Waals surface area contributed by atoms with Crippen molar-refractivity contribution >= 4 is 23.2 Å². The normalized spacial score (nSPS) is 10.3. The Bertz CT molecular complexity index is 514. The third-order valence-electron chi connectivity index (χ3n) is 2.13. The minimum atomic E-state index is 0.332. The van der Waals surface area contributed by atoms with Gasteiger partial charge in [-0.2, -0.15) is 5.10 Å². The highest BCUT2D eigenvalue weighted by Gasteiger charge is 2.04. The van der Waals surface area contributed by atoms with Gasteiger partial charge in [0.25, 0.3) is 0 Å². The second kappa shape index (κ2) is 5.34. The van der Waals surface area contributed by atoms with Crippen LogP contribution in [0.3, 0.4) is 0 Å². The predicted octanol–water partition coefficient (Wildman–Crippen LogP) is 3.97. The summed E-state index contributed by atoms with van der Waals surface area (Å²) in [7, 11) is 0. The van der Waals surface area contributed by atoms with E-state index in [1.54, 1.807) is 18.2 Å². The van der Waals surface area contributed by atoms with Crippen LogP contribution in [0.15, 0.2) is 30.3 Å². The topological polar surface area (TPSA) is 35.0 Å². The van der Waals surface area contributed by atoms with E-state index >= 15 is 0 Å². The van der Waals surface area contributed by atoms with Gasteiger partial charge in [-0.3, -0.25) is 0 Å². The van der Waals surface area contributed by atoms with Crippen LogP contribution < -0.4 is 4.74 Å². The van der Waals surface area contributed by atoms with E-state index < -0.39 is 0 Å². The molecule has 88 valence electrons. The third-order valence-corrected chi connectivity index (χ3v) is 2.70. The lowest BCUT2D eigenvalue weighted by Gasteiger charge is -2.06. The molecule has 0 aliphatic heterocycles. The van der Waals surface area contributed by atoms with Crippen LogP contribution >= 0.6 is 23.2 Å². The Kier molecular flexibility index (Phi) is 3.82. The molecule has 0 bridgehead atoms. The van der Waals surface area contributed by atoms with Crippen molar-refractivity contribution in [1.82, 2.24) is 10.2 Å². The molecule has 1 aromatic carbocycles. The fraction of sp³-hybridized carbons (Fsp3) is 0.167. The number of aryl methyl sites for hydroxylation is 1. The molecule has 1 aromatic heterocycles. The fourth-order valence-electron chi connectivity index (χ4n) is 1.27. The number of alkyl halides is 1. The van der Waals surface area contributed by atoms with Gasteiger partial charge in [-0.15, -0.1) is 16.7 Å². The third kappa shape index (κ3) is 3.08. The molecular formula is C12H10Cl2N2O. The lowest BCUT2D eigenvalue weighted by atomic mass is 10.2. The van der Waals surface area contributed by atoms with Gasteiger partial charge in [0, 0.05) is 6.07 Å². The van der Waals surface area contributed by atoms with Gasteiger partial charge in [-0.1, -0.05) is 17.7 Å². The van der Waals surface area contributed by atoms with Gasteiger partial charge in [-0.25, -0.2) is 0 Å². The molecule has 2 rings (SSSR count). The van der Waals surface area contributed by atoms with Crippen LogP contribution in [0.25, 0.3) is 0 Å². The Morgan fingerprint density at radius 1 is 1.18 bits per heavy atom. The van der Waals surface area contributed by atoms with Gasteiger partial charge >= 0.3 is 0 Å². The number of hydrogen-bond acceptors (Lipinski definition) is 3. The largest absolute Gasteiger partial charge is 0.436 e. The minimum absolute atomic E-state index is 0.332. The maximum atomic E-state index is 6.04. The van der Waals surface area contributed by atoms with E-state index in [-0.39, 0.29) is 0 Å². The molecule has 0 radical (unpaired) electrons. The maximum absolute atomic E-state index is 6.04. The summed E-state index contributed by atoms with van der Waals surface area (Å²) in [6.07, 6.45) is 0. The van der Waals surface area contributed by atoms with Crippen molar-refractivity contribution in [3.05, 3.63) is 46.6 Å². The number of aromatic nitrogens is 2. The summed E-state index contributed by atoms with van der Waals surface area (Å²) in [6, 6.07) is 9.02. The maximum Gasteiger partial charge on any atom is 0.238 e. The summed E-state index contributed by atoms with van der Waals surface area (Å²) < 4.78 is 5.51. The van der Waals surface area contributed by atoms with Gasteiger partial charge in [0.2, 0.25) is 5.88 Å². The minimum Gasteiger partial charge on any atom is -0.436 e. The van der Waals surface area contributed by atoms with Crippen molar-refractivity contribution < 1.29 is 4.74 Å². The quantitative estimate of drug-likeness (QED) is 0.791. The number of nitrogens with zero attached hydrogens (tertiary/aromatic N) is 2. The van der Waals surface area contributed by atoms with E-state index in [1.165, 1.54) is 0 Å². The van der Waals surface area contributed by atoms with Gasteiger partial charge < -0.3 is 4.74 Å². The van der Waals surface area contributed by atoms with Gasteiger partial charge in [0.05, 0.1) is 16.6 Å². The number of rotatable bonds is 3. The van der Waals surface area contributed by atoms with E-state index in [9.17, 15) is 0 Å². The van der Waals surface area contributed by atoms with Crippen LogP contribution in [0.4, 0.5) is 0 Å². The first-order valence-electron chi connectivity index (χ1n) is 5.01. The van der Waals surface area contributed by atoms with Gasteiger partial charge in [0.15, 0.2) is 0 Å². The van der Waals surface area contributed by atoms with Crippen molar-refractivity contribution in [2.45, 2.75) is 12.8 Å². The van der Waals surface area contributed by atoms with Crippen LogP contribution in [0.1, 0.15) is 11.3 Å². The zero-order chi connectivity index (χ0) is 12.3. The molecule has 5 heteroatoms. The van der Waals surface area contributed by atoms with Crippen molar-refractivity contribution in [1.29, 1.82) is 0 Å². The highest BCUT2D eigenvalue weighted by atomic mass is 35.5. The molecule has 0 amide bonds. The highest BCUT2D eigenvalue weighted by molar-refractivity contribution is 6.32. The summed E-state index contributed by atoms with van der Waals surface area (Å²) in [5, 5.41) is 8.33. The Balaban J connectivity index is 2.19. The summed E-state index contributed by atoms with van der Waals surface area (Å²) >= 11 is 11.7. The predicted molar refractivity (Wildman–Crippen MR) is 67.9 cm³/mol. The lowest BCUT2D eigenvalue weighted by Crippen LogP contribution is -1.93. The van der Waals surface area contributed by atoms with Crippen molar-refractivity contribution in [2.75, 3.05) is 0 Å². The molecule has 0 atom stereocenters. The van der Waals surface area contributed by atoms with Crippen LogP contribution in [0.5, 0.6) is 11.6 Å². The van der Waals surface area contributed by atoms with E-state index in [0.717, 1.165) is 5.56 Å². The van der Waals surface area contributed by atoms with Gasteiger partial charge in [-0.05, 0) is 30.7 Å². The zero-order valence-corrected chi connectivity index (χ0v) is 10.7. The Morgan fingerprint density at radius 2 is 2.00 bits per heavy atom. The molecule has 0 N–H and O–H groups in total. The average molecular weight is 269 g/mol. The van der Waals surface area contributed by atoms with E-state index in [4.69, 9.17) is 27.9 Å². The highest BCUT2D eigenvalue weighted by Crippen LogP contribution is 2.28. The molecule has 0 unspecified atom stereocenters. The van der Waals surface area contributed by atoms with Crippen LogP contribution in [-0.2, 0) is 5.88 Å². The first kappa shape index (κ1) is 12.1. The number of halogens is 2. The second-order valence-corrected chi connectivity index (χ2v) is 4.21. The molecular weight excluding hydrogens is 259 g/mol. The molecule has 0 spiro atoms. The lowest BCUT2D eigenvalue weighted by molar-refractivity contribution is 0.454. The molecule has 0 aliphatic carbocycles. The molecule has 0 fully saturated rings. The average Bonchev–Trinajstić information content (AvgIpc) is 2.34. The Morgan fingerprint density at radius 3 is 2.59 bits per heavy atom. The molecule has 0 saturated heterocycles. The Labute approximate surface area is 109 Å². The molecule has 3 nitrogen and oxygen atoms in total. The van der Waals surface area contributed by atoms with Crippen molar-refractivity contribution in [3.8, 4) is 11.6 Å². The van der Waals surface area contributed by atoms with Crippen molar-refractivity contribution in [2.24, 2.45) is 0 Å². The van der Waals surface area contributed by atoms with Gasteiger partial charge in [0.1, 0.15) is 5.75 Å². The van der Waals surface area contributed by atoms with Crippen LogP contribution in [-0.4, -0.2) is 10.2 Å². The summed E-state index contributed by atoms with van der Waals surface area (Å²) in [5.74, 6) is 1.29. The SMILES string of the molecule is Cc1ccc(Oc2ccc(CCl)nn2)c(Cl)c1. The molecule has 0 saturated carbocycles. The smallest absolute Gasteiger partial charge is 0.238 e. The van der Waals surface area contributed by atoms with E-state index in [0.29, 0.717) is 28.2 Å². The van der Waals surface area contributed by atoms with Crippen LogP contribution in [0, 0.1) is 6.92 Å². The van der Waals surface area contributed by atoms with Crippen molar-refractivity contribution in [3.63, 3.8) is 0 Å². The first-order chi connectivity index (χ1) is 8.19. The molecule has 0 aliphatic rings. The monoisotopic (exact) mass is 268 g/mol.